The molecule has 1 aliphatic rings. The van der Waals surface area contributed by atoms with E-state index in [2.05, 4.69) is 10.2 Å². The summed E-state index contributed by atoms with van der Waals surface area (Å²) in [6.07, 6.45) is -4.22. The molecule has 1 atom stereocenters. The van der Waals surface area contributed by atoms with Crippen molar-refractivity contribution in [2.24, 2.45) is 7.05 Å². The maximum Gasteiger partial charge on any atom is 0.417 e. The minimum absolute atomic E-state index is 0.00815. The molecule has 236 valence electrons. The highest BCUT2D eigenvalue weighted by Gasteiger charge is 2.36. The molecule has 1 N–H and O–H groups in total. The molecule has 2 heterocycles. The Balaban J connectivity index is 1.55. The van der Waals surface area contributed by atoms with Gasteiger partial charge < -0.3 is 19.4 Å². The molecule has 8 nitrogen and oxygen atoms in total. The van der Waals surface area contributed by atoms with E-state index in [1.165, 1.54) is 50.4 Å². The van der Waals surface area contributed by atoms with Crippen LogP contribution in [0.1, 0.15) is 33.6 Å². The second kappa shape index (κ2) is 14.6. The van der Waals surface area contributed by atoms with Gasteiger partial charge in [0.05, 0.1) is 46.6 Å². The Morgan fingerprint density at radius 1 is 1.07 bits per heavy atom. The van der Waals surface area contributed by atoms with Gasteiger partial charge in [0, 0.05) is 38.8 Å². The fourth-order valence-electron chi connectivity index (χ4n) is 4.89. The van der Waals surface area contributed by atoms with Crippen LogP contribution < -0.4 is 10.9 Å². The number of aryl methyl sites for hydroxylation is 1. The third kappa shape index (κ3) is 8.20. The summed E-state index contributed by atoms with van der Waals surface area (Å²) in [5, 5.41) is 2.83. The number of rotatable bonds is 10. The molecular weight excluding hydrogens is 622 g/mol. The number of aromatic nitrogens is 1. The smallest absolute Gasteiger partial charge is 0.417 e. The lowest BCUT2D eigenvalue weighted by Crippen LogP contribution is -2.44. The van der Waals surface area contributed by atoms with E-state index >= 15 is 0 Å². The van der Waals surface area contributed by atoms with Crippen LogP contribution in [-0.2, 0) is 33.9 Å². The Bertz CT molecular complexity index is 1530. The molecule has 0 aliphatic carbocycles. The predicted molar refractivity (Wildman–Crippen MR) is 161 cm³/mol. The molecule has 0 saturated carbocycles. The second-order valence-corrected chi connectivity index (χ2v) is 11.2. The Morgan fingerprint density at radius 3 is 2.32 bits per heavy atom. The van der Waals surface area contributed by atoms with Crippen LogP contribution in [0.3, 0.4) is 0 Å². The molecule has 1 fully saturated rings. The molecule has 1 aliphatic heterocycles. The van der Waals surface area contributed by atoms with Gasteiger partial charge in [0.2, 0.25) is 0 Å². The minimum Gasteiger partial charge on any atom is -0.464 e. The number of hydrogen-bond acceptors (Lipinski definition) is 6. The van der Waals surface area contributed by atoms with Crippen LogP contribution >= 0.6 is 23.2 Å². The molecule has 1 aromatic heterocycles. The summed E-state index contributed by atoms with van der Waals surface area (Å²) in [6.45, 7) is 5.13. The first-order valence-electron chi connectivity index (χ1n) is 14.0. The van der Waals surface area contributed by atoms with Crippen LogP contribution in [0.4, 0.5) is 13.2 Å². The van der Waals surface area contributed by atoms with Crippen LogP contribution in [-0.4, -0.2) is 66.8 Å². The maximum absolute atomic E-state index is 13.9. The van der Waals surface area contributed by atoms with Crippen molar-refractivity contribution in [3.8, 4) is 11.1 Å². The lowest BCUT2D eigenvalue weighted by Gasteiger charge is -2.26. The largest absolute Gasteiger partial charge is 0.464 e. The van der Waals surface area contributed by atoms with Gasteiger partial charge in [-0.25, -0.2) is 4.79 Å². The standard InChI is InChI=1S/C31H32Cl2F3N3O5/c1-19-17-22(31(34,35)36)26(29(41)38(19)2)21-9-7-20(8-10-21)18-25(37-28(40)27-23(32)5-3-6-24(27)33)30(42)44-14-4-11-39-12-15-43-16-13-39/h3,5-10,17,25H,4,11-16,18H2,1-2H3,(H,37,40)/t25-/m0/s1. The predicted octanol–water partition coefficient (Wildman–Crippen LogP) is 5.29. The Morgan fingerprint density at radius 2 is 1.70 bits per heavy atom. The molecule has 13 heteroatoms. The highest BCUT2D eigenvalue weighted by atomic mass is 35.5. The number of carbonyl (C=O) groups excluding carboxylic acids is 2. The summed E-state index contributed by atoms with van der Waals surface area (Å²) >= 11 is 12.4. The number of esters is 1. The van der Waals surface area contributed by atoms with Crippen molar-refractivity contribution in [1.82, 2.24) is 14.8 Å². The number of ether oxygens (including phenoxy) is 2. The minimum atomic E-state index is -4.74. The van der Waals surface area contributed by atoms with Crippen molar-refractivity contribution >= 4 is 35.1 Å². The van der Waals surface area contributed by atoms with Crippen LogP contribution in [0.5, 0.6) is 0 Å². The van der Waals surface area contributed by atoms with Crippen LogP contribution in [0.15, 0.2) is 53.3 Å². The number of nitrogens with zero attached hydrogens (tertiary/aromatic N) is 2. The number of morpholine rings is 1. The van der Waals surface area contributed by atoms with Gasteiger partial charge in [-0.15, -0.1) is 0 Å². The van der Waals surface area contributed by atoms with Crippen molar-refractivity contribution in [3.05, 3.63) is 91.3 Å². The summed E-state index contributed by atoms with van der Waals surface area (Å²) in [5.41, 5.74) is -1.56. The number of nitrogens with one attached hydrogen (secondary N) is 1. The van der Waals surface area contributed by atoms with E-state index in [1.807, 2.05) is 0 Å². The first-order valence-corrected chi connectivity index (χ1v) is 14.7. The van der Waals surface area contributed by atoms with Gasteiger partial charge in [-0.3, -0.25) is 14.5 Å². The highest BCUT2D eigenvalue weighted by molar-refractivity contribution is 6.39. The lowest BCUT2D eigenvalue weighted by molar-refractivity contribution is -0.146. The van der Waals surface area contributed by atoms with Crippen molar-refractivity contribution in [2.75, 3.05) is 39.5 Å². The van der Waals surface area contributed by atoms with Crippen LogP contribution in [0, 0.1) is 6.92 Å². The first kappa shape index (κ1) is 33.5. The van der Waals surface area contributed by atoms with Crippen molar-refractivity contribution in [3.63, 3.8) is 0 Å². The number of carbonyl (C=O) groups is 2. The number of amides is 1. The van der Waals surface area contributed by atoms with Gasteiger partial charge in [-0.05, 0) is 42.7 Å². The zero-order valence-electron chi connectivity index (χ0n) is 24.2. The molecule has 3 aromatic rings. The average Bonchev–Trinajstić information content (AvgIpc) is 2.98. The van der Waals surface area contributed by atoms with Gasteiger partial charge in [0.25, 0.3) is 11.5 Å². The van der Waals surface area contributed by atoms with E-state index in [-0.39, 0.29) is 39.9 Å². The van der Waals surface area contributed by atoms with Gasteiger partial charge in [0.15, 0.2) is 0 Å². The van der Waals surface area contributed by atoms with Crippen molar-refractivity contribution < 1.29 is 32.2 Å². The third-order valence-electron chi connectivity index (χ3n) is 7.40. The first-order chi connectivity index (χ1) is 20.9. The number of alkyl halides is 3. The topological polar surface area (TPSA) is 89.9 Å². The van der Waals surface area contributed by atoms with E-state index in [1.54, 1.807) is 6.07 Å². The molecule has 0 spiro atoms. The Labute approximate surface area is 262 Å². The third-order valence-corrected chi connectivity index (χ3v) is 8.03. The fraction of sp³-hybridized carbons (Fsp3) is 0.387. The number of benzene rings is 2. The van der Waals surface area contributed by atoms with Crippen LogP contribution in [0.2, 0.25) is 10.0 Å². The fourth-order valence-corrected chi connectivity index (χ4v) is 5.46. The summed E-state index contributed by atoms with van der Waals surface area (Å²) < 4.78 is 53.5. The Kier molecular flexibility index (Phi) is 11.1. The van der Waals surface area contributed by atoms with E-state index in [9.17, 15) is 27.6 Å². The monoisotopic (exact) mass is 653 g/mol. The molecule has 44 heavy (non-hydrogen) atoms. The average molecular weight is 655 g/mol. The van der Waals surface area contributed by atoms with Crippen LogP contribution in [0.25, 0.3) is 11.1 Å². The van der Waals surface area contributed by atoms with Gasteiger partial charge in [-0.1, -0.05) is 53.5 Å². The number of halogens is 5. The number of hydrogen-bond donors (Lipinski definition) is 1. The molecule has 1 saturated heterocycles. The molecular formula is C31H32Cl2F3N3O5. The van der Waals surface area contributed by atoms with Crippen molar-refractivity contribution in [2.45, 2.75) is 32.0 Å². The van der Waals surface area contributed by atoms with E-state index < -0.39 is 40.8 Å². The highest BCUT2D eigenvalue weighted by Crippen LogP contribution is 2.36. The molecule has 2 aromatic carbocycles. The summed E-state index contributed by atoms with van der Waals surface area (Å²) in [5.74, 6) is -1.38. The van der Waals surface area contributed by atoms with E-state index in [0.29, 0.717) is 31.7 Å². The molecule has 0 bridgehead atoms. The SMILES string of the molecule is Cc1cc(C(F)(F)F)c(-c2ccc(C[C@H](NC(=O)c3c(Cl)cccc3Cl)C(=O)OCCCN3CCOCC3)cc2)c(=O)n1C. The quantitative estimate of drug-likeness (QED) is 0.236. The number of pyridine rings is 1. The summed E-state index contributed by atoms with van der Waals surface area (Å²) in [6, 6.07) is 10.1. The lowest BCUT2D eigenvalue weighted by atomic mass is 9.97. The van der Waals surface area contributed by atoms with Gasteiger partial charge in [-0.2, -0.15) is 13.2 Å². The Hall–Kier alpha value is -3.38. The van der Waals surface area contributed by atoms with Crippen molar-refractivity contribution in [1.29, 1.82) is 0 Å². The summed E-state index contributed by atoms with van der Waals surface area (Å²) in [7, 11) is 1.40. The van der Waals surface area contributed by atoms with E-state index in [0.717, 1.165) is 23.7 Å². The summed E-state index contributed by atoms with van der Waals surface area (Å²) in [4.78, 5) is 41.4. The van der Waals surface area contributed by atoms with E-state index in [4.69, 9.17) is 32.7 Å². The molecule has 0 radical (unpaired) electrons. The normalized spacial score (nSPS) is 14.7. The molecule has 4 rings (SSSR count). The zero-order valence-corrected chi connectivity index (χ0v) is 25.7. The second-order valence-electron chi connectivity index (χ2n) is 10.4. The molecule has 0 unspecified atom stereocenters. The van der Waals surface area contributed by atoms with Gasteiger partial charge in [0.1, 0.15) is 6.04 Å². The maximum atomic E-state index is 13.9. The van der Waals surface area contributed by atoms with Gasteiger partial charge >= 0.3 is 12.1 Å². The zero-order chi connectivity index (χ0) is 32.0. The molecule has 1 amide bonds.